The molecule has 2 aromatic rings. The van der Waals surface area contributed by atoms with Crippen molar-refractivity contribution in [2.75, 3.05) is 10.8 Å². The van der Waals surface area contributed by atoms with Gasteiger partial charge in [0.25, 0.3) is 10.0 Å². The third-order valence-corrected chi connectivity index (χ3v) is 6.24. The van der Waals surface area contributed by atoms with E-state index < -0.39 is 15.9 Å². The molecule has 0 aromatic heterocycles. The van der Waals surface area contributed by atoms with Crippen LogP contribution < -0.4 is 9.62 Å². The normalized spacial score (nSPS) is 12.4. The van der Waals surface area contributed by atoms with Gasteiger partial charge in [-0.15, -0.1) is 0 Å². The van der Waals surface area contributed by atoms with E-state index in [-0.39, 0.29) is 28.2 Å². The minimum atomic E-state index is -3.99. The number of halogens is 2. The molecule has 0 spiro atoms. The van der Waals surface area contributed by atoms with Gasteiger partial charge >= 0.3 is 0 Å². The van der Waals surface area contributed by atoms with E-state index in [9.17, 15) is 13.2 Å². The van der Waals surface area contributed by atoms with Crippen LogP contribution in [0.5, 0.6) is 0 Å². The number of nitrogens with one attached hydrogen (secondary N) is 1. The first kappa shape index (κ1) is 21.5. The highest BCUT2D eigenvalue weighted by atomic mass is 35.5. The highest BCUT2D eigenvalue weighted by molar-refractivity contribution is 7.92. The molecule has 2 rings (SSSR count). The first-order chi connectivity index (χ1) is 12.8. The second-order valence-corrected chi connectivity index (χ2v) is 8.88. The summed E-state index contributed by atoms with van der Waals surface area (Å²) in [5, 5.41) is 3.35. The molecule has 0 saturated carbocycles. The lowest BCUT2D eigenvalue weighted by Gasteiger charge is -2.26. The fourth-order valence-corrected chi connectivity index (χ4v) is 4.68. The van der Waals surface area contributed by atoms with E-state index in [1.165, 1.54) is 30.3 Å². The molecule has 2 aromatic carbocycles. The maximum Gasteiger partial charge on any atom is 0.264 e. The first-order valence-electron chi connectivity index (χ1n) is 8.58. The minimum Gasteiger partial charge on any atom is -0.352 e. The predicted octanol–water partition coefficient (Wildman–Crippen LogP) is 4.49. The zero-order chi connectivity index (χ0) is 20.0. The zero-order valence-corrected chi connectivity index (χ0v) is 17.5. The number of carbonyl (C=O) groups excluding carboxylic acids is 1. The number of anilines is 1. The second-order valence-electron chi connectivity index (χ2n) is 6.18. The average molecular weight is 429 g/mol. The van der Waals surface area contributed by atoms with E-state index in [1.54, 1.807) is 18.2 Å². The lowest BCUT2D eigenvalue weighted by Crippen LogP contribution is -2.43. The van der Waals surface area contributed by atoms with Crippen LogP contribution in [0.15, 0.2) is 53.4 Å². The Labute approximate surface area is 170 Å². The molecule has 1 N–H and O–H groups in total. The largest absolute Gasteiger partial charge is 0.352 e. The number of amides is 1. The Morgan fingerprint density at radius 1 is 1.15 bits per heavy atom. The summed E-state index contributed by atoms with van der Waals surface area (Å²) in [6.07, 6.45) is 1.72. The van der Waals surface area contributed by atoms with Crippen LogP contribution in [0.3, 0.4) is 0 Å². The van der Waals surface area contributed by atoms with Gasteiger partial charge in [-0.2, -0.15) is 0 Å². The van der Waals surface area contributed by atoms with Crippen molar-refractivity contribution < 1.29 is 13.2 Å². The van der Waals surface area contributed by atoms with E-state index in [1.807, 2.05) is 13.8 Å². The van der Waals surface area contributed by atoms with Crippen LogP contribution in [0, 0.1) is 0 Å². The van der Waals surface area contributed by atoms with Crippen molar-refractivity contribution in [1.82, 2.24) is 5.32 Å². The van der Waals surface area contributed by atoms with Gasteiger partial charge < -0.3 is 5.32 Å². The molecule has 0 fully saturated rings. The second kappa shape index (κ2) is 9.44. The molecule has 0 unspecified atom stereocenters. The molecule has 0 heterocycles. The Balaban J connectivity index is 2.42. The first-order valence-corrected chi connectivity index (χ1v) is 10.8. The van der Waals surface area contributed by atoms with Gasteiger partial charge in [-0.25, -0.2) is 8.42 Å². The molecule has 1 amide bonds. The minimum absolute atomic E-state index is 0.0514. The van der Waals surface area contributed by atoms with Crippen LogP contribution in [-0.4, -0.2) is 26.9 Å². The number of sulfonamides is 1. The molecule has 0 radical (unpaired) electrons. The topological polar surface area (TPSA) is 66.5 Å². The summed E-state index contributed by atoms with van der Waals surface area (Å²) in [6, 6.07) is 12.3. The average Bonchev–Trinajstić information content (AvgIpc) is 2.61. The molecule has 0 saturated heterocycles. The van der Waals surface area contributed by atoms with Gasteiger partial charge in [0.1, 0.15) is 6.54 Å². The Hall–Kier alpha value is -1.76. The summed E-state index contributed by atoms with van der Waals surface area (Å²) >= 11 is 12.2. The monoisotopic (exact) mass is 428 g/mol. The number of carbonyl (C=O) groups is 1. The highest BCUT2D eigenvalue weighted by Crippen LogP contribution is 2.32. The number of hydrogen-bond acceptors (Lipinski definition) is 3. The molecular weight excluding hydrogens is 407 g/mol. The Morgan fingerprint density at radius 3 is 2.41 bits per heavy atom. The van der Waals surface area contributed by atoms with Crippen LogP contribution in [-0.2, 0) is 14.8 Å². The number of nitrogens with zero attached hydrogens (tertiary/aromatic N) is 1. The van der Waals surface area contributed by atoms with Crippen molar-refractivity contribution in [3.05, 3.63) is 58.6 Å². The van der Waals surface area contributed by atoms with E-state index in [0.717, 1.165) is 17.1 Å². The summed E-state index contributed by atoms with van der Waals surface area (Å²) in [4.78, 5) is 12.6. The number of rotatable bonds is 8. The van der Waals surface area contributed by atoms with E-state index in [2.05, 4.69) is 5.32 Å². The van der Waals surface area contributed by atoms with Crippen LogP contribution in [0.1, 0.15) is 26.7 Å². The maximum absolute atomic E-state index is 13.2. The lowest BCUT2D eigenvalue weighted by molar-refractivity contribution is -0.120. The lowest BCUT2D eigenvalue weighted by atomic mass is 10.2. The molecular formula is C19H22Cl2N2O3S. The maximum atomic E-state index is 13.2. The third-order valence-electron chi connectivity index (χ3n) is 3.93. The summed E-state index contributed by atoms with van der Waals surface area (Å²) in [6.45, 7) is 3.52. The molecule has 27 heavy (non-hydrogen) atoms. The summed E-state index contributed by atoms with van der Waals surface area (Å²) < 4.78 is 27.4. The SMILES string of the molecule is CCC[C@H](C)NC(=O)CN(c1ccc(Cl)cc1Cl)S(=O)(=O)c1ccccc1. The molecule has 0 bridgehead atoms. The molecule has 0 aliphatic carbocycles. The van der Waals surface area contributed by atoms with Gasteiger partial charge in [0.05, 0.1) is 15.6 Å². The van der Waals surface area contributed by atoms with Gasteiger partial charge in [-0.1, -0.05) is 54.7 Å². The van der Waals surface area contributed by atoms with Crippen LogP contribution in [0.2, 0.25) is 10.0 Å². The number of hydrogen-bond donors (Lipinski definition) is 1. The summed E-state index contributed by atoms with van der Waals surface area (Å²) in [7, 11) is -3.99. The highest BCUT2D eigenvalue weighted by Gasteiger charge is 2.29. The van der Waals surface area contributed by atoms with Gasteiger partial charge in [0.15, 0.2) is 0 Å². The predicted molar refractivity (Wildman–Crippen MR) is 110 cm³/mol. The molecule has 8 heteroatoms. The number of benzene rings is 2. The van der Waals surface area contributed by atoms with Gasteiger partial charge in [0, 0.05) is 11.1 Å². The Morgan fingerprint density at radius 2 is 1.81 bits per heavy atom. The fraction of sp³-hybridized carbons (Fsp3) is 0.316. The van der Waals surface area contributed by atoms with Crippen molar-refractivity contribution in [1.29, 1.82) is 0 Å². The summed E-state index contributed by atoms with van der Waals surface area (Å²) in [5.74, 6) is -0.401. The Kier molecular flexibility index (Phi) is 7.53. The Bertz CT molecular complexity index is 889. The van der Waals surface area contributed by atoms with Crippen molar-refractivity contribution in [3.63, 3.8) is 0 Å². The van der Waals surface area contributed by atoms with Crippen molar-refractivity contribution in [2.45, 2.75) is 37.6 Å². The molecule has 146 valence electrons. The van der Waals surface area contributed by atoms with Gasteiger partial charge in [-0.05, 0) is 43.7 Å². The molecule has 1 atom stereocenters. The third kappa shape index (κ3) is 5.61. The van der Waals surface area contributed by atoms with Crippen molar-refractivity contribution in [2.24, 2.45) is 0 Å². The fourth-order valence-electron chi connectivity index (χ4n) is 2.66. The van der Waals surface area contributed by atoms with E-state index in [0.29, 0.717) is 5.02 Å². The van der Waals surface area contributed by atoms with Crippen LogP contribution in [0.4, 0.5) is 5.69 Å². The van der Waals surface area contributed by atoms with E-state index >= 15 is 0 Å². The van der Waals surface area contributed by atoms with Crippen molar-refractivity contribution in [3.8, 4) is 0 Å². The molecule has 0 aliphatic rings. The molecule has 0 aliphatic heterocycles. The molecule has 5 nitrogen and oxygen atoms in total. The zero-order valence-electron chi connectivity index (χ0n) is 15.2. The summed E-state index contributed by atoms with van der Waals surface area (Å²) in [5.41, 5.74) is 0.197. The van der Waals surface area contributed by atoms with Crippen molar-refractivity contribution >= 4 is 44.8 Å². The van der Waals surface area contributed by atoms with E-state index in [4.69, 9.17) is 23.2 Å². The van der Waals surface area contributed by atoms with Gasteiger partial charge in [0.2, 0.25) is 5.91 Å². The standard InChI is InChI=1S/C19H22Cl2N2O3S/c1-3-7-14(2)22-19(24)13-23(18-11-10-15(20)12-17(18)21)27(25,26)16-8-5-4-6-9-16/h4-6,8-12,14H,3,7,13H2,1-2H3,(H,22,24)/t14-/m0/s1. The smallest absolute Gasteiger partial charge is 0.264 e. The van der Waals surface area contributed by atoms with Crippen LogP contribution in [0.25, 0.3) is 0 Å². The quantitative estimate of drug-likeness (QED) is 0.672. The van der Waals surface area contributed by atoms with Gasteiger partial charge in [-0.3, -0.25) is 9.10 Å². The van der Waals surface area contributed by atoms with Crippen LogP contribution >= 0.6 is 23.2 Å².